The number of carbonyl (C=O) groups is 1. The van der Waals surface area contributed by atoms with E-state index in [0.717, 1.165) is 27.4 Å². The SMILES string of the molecule is O=C(N/N=C/c1c[nH]c2ccccc12)c1cc2ccccc2[nH]1. The van der Waals surface area contributed by atoms with Crippen molar-refractivity contribution in [3.63, 3.8) is 0 Å². The van der Waals surface area contributed by atoms with Crippen molar-refractivity contribution in [3.05, 3.63) is 72.1 Å². The average molecular weight is 302 g/mol. The Labute approximate surface area is 132 Å². The number of rotatable bonds is 3. The highest BCUT2D eigenvalue weighted by molar-refractivity contribution is 6.01. The van der Waals surface area contributed by atoms with E-state index in [9.17, 15) is 4.79 Å². The number of hydrogen-bond donors (Lipinski definition) is 3. The number of H-pyrrole nitrogens is 2. The molecular weight excluding hydrogens is 288 g/mol. The molecule has 2 heterocycles. The molecule has 4 rings (SSSR count). The Bertz CT molecular complexity index is 993. The molecule has 3 N–H and O–H groups in total. The van der Waals surface area contributed by atoms with Gasteiger partial charge in [0.15, 0.2) is 0 Å². The highest BCUT2D eigenvalue weighted by Gasteiger charge is 2.08. The van der Waals surface area contributed by atoms with Crippen molar-refractivity contribution in [2.45, 2.75) is 0 Å². The topological polar surface area (TPSA) is 73.0 Å². The van der Waals surface area contributed by atoms with Crippen molar-refractivity contribution < 1.29 is 4.79 Å². The van der Waals surface area contributed by atoms with E-state index in [1.54, 1.807) is 6.21 Å². The Morgan fingerprint density at radius 3 is 2.70 bits per heavy atom. The number of carbonyl (C=O) groups excluding carboxylic acids is 1. The van der Waals surface area contributed by atoms with Crippen molar-refractivity contribution in [1.29, 1.82) is 0 Å². The van der Waals surface area contributed by atoms with Crippen LogP contribution in [0.4, 0.5) is 0 Å². The van der Waals surface area contributed by atoms with Gasteiger partial charge in [0, 0.05) is 33.6 Å². The van der Waals surface area contributed by atoms with Crippen LogP contribution in [0.25, 0.3) is 21.8 Å². The van der Waals surface area contributed by atoms with E-state index in [4.69, 9.17) is 0 Å². The molecule has 0 fully saturated rings. The number of benzene rings is 2. The van der Waals surface area contributed by atoms with E-state index in [1.807, 2.05) is 60.8 Å². The Morgan fingerprint density at radius 1 is 1.04 bits per heavy atom. The minimum absolute atomic E-state index is 0.266. The van der Waals surface area contributed by atoms with Crippen LogP contribution >= 0.6 is 0 Å². The van der Waals surface area contributed by atoms with Crippen LogP contribution in [0.3, 0.4) is 0 Å². The molecule has 0 saturated heterocycles. The van der Waals surface area contributed by atoms with Crippen LogP contribution in [0.5, 0.6) is 0 Å². The molecule has 0 unspecified atom stereocenters. The van der Waals surface area contributed by atoms with Gasteiger partial charge in [0.05, 0.1) is 6.21 Å². The van der Waals surface area contributed by atoms with Crippen molar-refractivity contribution in [3.8, 4) is 0 Å². The van der Waals surface area contributed by atoms with Gasteiger partial charge in [-0.15, -0.1) is 0 Å². The van der Waals surface area contributed by atoms with Crippen LogP contribution in [-0.4, -0.2) is 22.1 Å². The highest BCUT2D eigenvalue weighted by atomic mass is 16.2. The first-order valence-corrected chi connectivity index (χ1v) is 7.28. The Kier molecular flexibility index (Phi) is 3.16. The van der Waals surface area contributed by atoms with Gasteiger partial charge >= 0.3 is 0 Å². The molecule has 0 saturated carbocycles. The average Bonchev–Trinajstić information content (AvgIpc) is 3.19. The normalized spacial score (nSPS) is 11.5. The minimum Gasteiger partial charge on any atom is -0.361 e. The van der Waals surface area contributed by atoms with Gasteiger partial charge in [0.1, 0.15) is 5.69 Å². The predicted octanol–water partition coefficient (Wildman–Crippen LogP) is 3.41. The summed E-state index contributed by atoms with van der Waals surface area (Å²) in [7, 11) is 0. The molecule has 1 amide bonds. The van der Waals surface area contributed by atoms with Gasteiger partial charge in [-0.3, -0.25) is 4.79 Å². The molecular formula is C18H14N4O. The second-order valence-electron chi connectivity index (χ2n) is 5.26. The minimum atomic E-state index is -0.266. The van der Waals surface area contributed by atoms with Crippen molar-refractivity contribution in [2.75, 3.05) is 0 Å². The molecule has 0 radical (unpaired) electrons. The number of hydrazone groups is 1. The molecule has 23 heavy (non-hydrogen) atoms. The lowest BCUT2D eigenvalue weighted by molar-refractivity contribution is 0.0951. The van der Waals surface area contributed by atoms with Crippen LogP contribution < -0.4 is 5.43 Å². The van der Waals surface area contributed by atoms with Gasteiger partial charge in [-0.25, -0.2) is 5.43 Å². The van der Waals surface area contributed by atoms with Crippen LogP contribution in [0, 0.1) is 0 Å². The molecule has 0 aliphatic carbocycles. The molecule has 0 aliphatic heterocycles. The Hall–Kier alpha value is -3.34. The fraction of sp³-hybridized carbons (Fsp3) is 0. The summed E-state index contributed by atoms with van der Waals surface area (Å²) in [5, 5.41) is 6.11. The van der Waals surface area contributed by atoms with Crippen molar-refractivity contribution in [2.24, 2.45) is 5.10 Å². The van der Waals surface area contributed by atoms with Crippen molar-refractivity contribution in [1.82, 2.24) is 15.4 Å². The Balaban J connectivity index is 1.52. The summed E-state index contributed by atoms with van der Waals surface area (Å²) in [6, 6.07) is 17.5. The number of fused-ring (bicyclic) bond motifs is 2. The van der Waals surface area contributed by atoms with E-state index in [0.29, 0.717) is 5.69 Å². The van der Waals surface area contributed by atoms with Crippen molar-refractivity contribution >= 4 is 33.9 Å². The zero-order chi connectivity index (χ0) is 15.6. The third-order valence-corrected chi connectivity index (χ3v) is 3.77. The highest BCUT2D eigenvalue weighted by Crippen LogP contribution is 2.16. The molecule has 0 spiro atoms. The fourth-order valence-electron chi connectivity index (χ4n) is 2.62. The number of aromatic nitrogens is 2. The molecule has 4 aromatic rings. The summed E-state index contributed by atoms with van der Waals surface area (Å²) in [6.07, 6.45) is 3.50. The lowest BCUT2D eigenvalue weighted by Gasteiger charge is -1.96. The van der Waals surface area contributed by atoms with Crippen LogP contribution in [0.2, 0.25) is 0 Å². The Morgan fingerprint density at radius 2 is 1.83 bits per heavy atom. The molecule has 2 aromatic heterocycles. The molecule has 0 atom stereocenters. The summed E-state index contributed by atoms with van der Waals surface area (Å²) in [5.41, 5.74) is 5.93. The first-order valence-electron chi connectivity index (χ1n) is 7.28. The molecule has 112 valence electrons. The van der Waals surface area contributed by atoms with E-state index < -0.39 is 0 Å². The molecule has 2 aromatic carbocycles. The second kappa shape index (κ2) is 5.46. The largest absolute Gasteiger partial charge is 0.361 e. The lowest BCUT2D eigenvalue weighted by Crippen LogP contribution is -2.17. The van der Waals surface area contributed by atoms with Gasteiger partial charge in [-0.05, 0) is 18.2 Å². The summed E-state index contributed by atoms with van der Waals surface area (Å²) in [5.74, 6) is -0.266. The third kappa shape index (κ3) is 2.48. The third-order valence-electron chi connectivity index (χ3n) is 3.77. The summed E-state index contributed by atoms with van der Waals surface area (Å²) in [4.78, 5) is 18.4. The van der Waals surface area contributed by atoms with Crippen LogP contribution in [0.15, 0.2) is 65.9 Å². The number of aromatic amines is 2. The zero-order valence-corrected chi connectivity index (χ0v) is 12.2. The monoisotopic (exact) mass is 302 g/mol. The number of para-hydroxylation sites is 2. The smallest absolute Gasteiger partial charge is 0.287 e. The second-order valence-corrected chi connectivity index (χ2v) is 5.26. The van der Waals surface area contributed by atoms with E-state index in [1.165, 1.54) is 0 Å². The summed E-state index contributed by atoms with van der Waals surface area (Å²) >= 11 is 0. The maximum atomic E-state index is 12.1. The maximum Gasteiger partial charge on any atom is 0.287 e. The van der Waals surface area contributed by atoms with Crippen LogP contribution in [-0.2, 0) is 0 Å². The first-order chi connectivity index (χ1) is 11.3. The molecule has 5 heteroatoms. The number of nitrogens with zero attached hydrogens (tertiary/aromatic N) is 1. The van der Waals surface area contributed by atoms with E-state index in [2.05, 4.69) is 20.5 Å². The van der Waals surface area contributed by atoms with Gasteiger partial charge in [0.25, 0.3) is 5.91 Å². The lowest BCUT2D eigenvalue weighted by atomic mass is 10.2. The summed E-state index contributed by atoms with van der Waals surface area (Å²) < 4.78 is 0. The molecule has 0 bridgehead atoms. The number of nitrogens with one attached hydrogen (secondary N) is 3. The number of amides is 1. The first kappa shape index (κ1) is 13.3. The molecule has 0 aliphatic rings. The summed E-state index contributed by atoms with van der Waals surface area (Å²) in [6.45, 7) is 0. The number of hydrogen-bond acceptors (Lipinski definition) is 2. The zero-order valence-electron chi connectivity index (χ0n) is 12.2. The fourth-order valence-corrected chi connectivity index (χ4v) is 2.62. The molecule has 5 nitrogen and oxygen atoms in total. The van der Waals surface area contributed by atoms with Gasteiger partial charge < -0.3 is 9.97 Å². The van der Waals surface area contributed by atoms with Crippen LogP contribution in [0.1, 0.15) is 16.1 Å². The van der Waals surface area contributed by atoms with Gasteiger partial charge in [0.2, 0.25) is 0 Å². The van der Waals surface area contributed by atoms with Gasteiger partial charge in [-0.1, -0.05) is 36.4 Å². The van der Waals surface area contributed by atoms with Gasteiger partial charge in [-0.2, -0.15) is 5.10 Å². The maximum absolute atomic E-state index is 12.1. The van der Waals surface area contributed by atoms with E-state index in [-0.39, 0.29) is 5.91 Å². The van der Waals surface area contributed by atoms with E-state index >= 15 is 0 Å². The quantitative estimate of drug-likeness (QED) is 0.394. The standard InChI is InChI=1S/C18H14N4O/c23-18(17-9-12-5-1-3-7-15(12)21-17)22-20-11-13-10-19-16-8-4-2-6-14(13)16/h1-11,19,21H,(H,22,23)/b20-11+. The predicted molar refractivity (Wildman–Crippen MR) is 91.7 cm³/mol.